The maximum absolute atomic E-state index is 12.8. The molecule has 0 heterocycles. The van der Waals surface area contributed by atoms with Gasteiger partial charge in [-0.05, 0) is 57.8 Å². The van der Waals surface area contributed by atoms with E-state index in [9.17, 15) is 19.5 Å². The fourth-order valence-electron chi connectivity index (χ4n) is 8.63. The average Bonchev–Trinajstić information content (AvgIpc) is 3.36. The fourth-order valence-corrected chi connectivity index (χ4v) is 8.63. The summed E-state index contributed by atoms with van der Waals surface area (Å²) in [6.07, 6.45) is 67.8. The molecule has 0 aromatic heterocycles. The standard InChI is InChI=1S/C64H115NO8/c1-6-8-10-12-14-16-17-18-19-20-21-22-23-24-25-26-27-28-29-30-31-32-33-34-35-36-37-38-39-40-41-42-43-44-45-47-49-51-53-55-62(67)73-60(59-72-64(63(68)69)70-57-56-65(3,4)5)58-71-61(66)54-52-50-48-46-15-13-11-9-7-2/h8,10,14,16,18-19,21-22,24-25,60,64H,6-7,9,11-13,15,17,20,23,26-59H2,1-5H3/p+1/b10-8-,16-14-,19-18-,22-21-,25-24-. The van der Waals surface area contributed by atoms with Gasteiger partial charge in [0.05, 0.1) is 34.4 Å². The number of carboxylic acids is 1. The highest BCUT2D eigenvalue weighted by atomic mass is 16.7. The van der Waals surface area contributed by atoms with Crippen molar-refractivity contribution in [1.29, 1.82) is 0 Å². The van der Waals surface area contributed by atoms with Crippen LogP contribution in [0, 0.1) is 0 Å². The Labute approximate surface area is 450 Å². The Morgan fingerprint density at radius 2 is 0.781 bits per heavy atom. The molecule has 0 spiro atoms. The molecule has 0 saturated heterocycles. The molecule has 0 saturated carbocycles. The number of quaternary nitrogens is 1. The van der Waals surface area contributed by atoms with Crippen molar-refractivity contribution < 1.29 is 42.9 Å². The van der Waals surface area contributed by atoms with E-state index in [1.165, 1.54) is 173 Å². The first kappa shape index (κ1) is 70.0. The summed E-state index contributed by atoms with van der Waals surface area (Å²) < 4.78 is 22.8. The lowest BCUT2D eigenvalue weighted by molar-refractivity contribution is -0.870. The highest BCUT2D eigenvalue weighted by Gasteiger charge is 2.25. The minimum Gasteiger partial charge on any atom is -0.477 e. The Hall–Kier alpha value is -3.01. The number of carbonyl (C=O) groups is 3. The van der Waals surface area contributed by atoms with Gasteiger partial charge in [-0.3, -0.25) is 9.59 Å². The number of ether oxygens (including phenoxy) is 4. The van der Waals surface area contributed by atoms with E-state index in [4.69, 9.17) is 18.9 Å². The Balaban J connectivity index is 3.89. The maximum atomic E-state index is 12.8. The molecule has 0 rings (SSSR count). The summed E-state index contributed by atoms with van der Waals surface area (Å²) in [6.45, 7) is 4.76. The predicted molar refractivity (Wildman–Crippen MR) is 309 cm³/mol. The predicted octanol–water partition coefficient (Wildman–Crippen LogP) is 18.0. The van der Waals surface area contributed by atoms with E-state index in [1.807, 2.05) is 21.1 Å². The zero-order valence-corrected chi connectivity index (χ0v) is 48.3. The van der Waals surface area contributed by atoms with E-state index in [0.717, 1.165) is 70.6 Å². The first-order valence-electron chi connectivity index (χ1n) is 30.5. The van der Waals surface area contributed by atoms with Gasteiger partial charge in [-0.1, -0.05) is 261 Å². The van der Waals surface area contributed by atoms with Crippen molar-refractivity contribution in [2.45, 2.75) is 283 Å². The van der Waals surface area contributed by atoms with Crippen molar-refractivity contribution in [3.05, 3.63) is 60.8 Å². The Kier molecular flexibility index (Phi) is 53.0. The lowest BCUT2D eigenvalue weighted by atomic mass is 10.0. The van der Waals surface area contributed by atoms with Gasteiger partial charge in [0.1, 0.15) is 13.2 Å². The number of carboxylic acid groups (broad SMARTS) is 1. The lowest BCUT2D eigenvalue weighted by Gasteiger charge is -2.25. The molecule has 0 aliphatic carbocycles. The number of hydrogen-bond donors (Lipinski definition) is 1. The van der Waals surface area contributed by atoms with Crippen LogP contribution in [0.4, 0.5) is 0 Å². The monoisotopic (exact) mass is 1030 g/mol. The Morgan fingerprint density at radius 1 is 0.425 bits per heavy atom. The summed E-state index contributed by atoms with van der Waals surface area (Å²) in [6, 6.07) is 0. The second-order valence-corrected chi connectivity index (χ2v) is 21.6. The van der Waals surface area contributed by atoms with E-state index >= 15 is 0 Å². The van der Waals surface area contributed by atoms with E-state index in [0.29, 0.717) is 17.4 Å². The Bertz CT molecular complexity index is 1380. The fraction of sp³-hybridized carbons (Fsp3) is 0.797. The van der Waals surface area contributed by atoms with Gasteiger partial charge in [0.2, 0.25) is 0 Å². The zero-order valence-electron chi connectivity index (χ0n) is 48.3. The molecule has 0 aromatic carbocycles. The molecule has 0 radical (unpaired) electrons. The van der Waals surface area contributed by atoms with Gasteiger partial charge in [-0.25, -0.2) is 4.79 Å². The van der Waals surface area contributed by atoms with Crippen molar-refractivity contribution in [2.24, 2.45) is 0 Å². The molecule has 0 aromatic rings. The van der Waals surface area contributed by atoms with Gasteiger partial charge in [0.25, 0.3) is 6.29 Å². The molecule has 0 fully saturated rings. The summed E-state index contributed by atoms with van der Waals surface area (Å²) in [4.78, 5) is 37.2. The van der Waals surface area contributed by atoms with Gasteiger partial charge in [0.15, 0.2) is 6.10 Å². The van der Waals surface area contributed by atoms with Crippen LogP contribution in [0.5, 0.6) is 0 Å². The third-order valence-electron chi connectivity index (χ3n) is 13.3. The number of rotatable bonds is 56. The highest BCUT2D eigenvalue weighted by Crippen LogP contribution is 2.17. The maximum Gasteiger partial charge on any atom is 0.361 e. The smallest absolute Gasteiger partial charge is 0.361 e. The van der Waals surface area contributed by atoms with Crippen LogP contribution < -0.4 is 0 Å². The first-order chi connectivity index (χ1) is 35.6. The van der Waals surface area contributed by atoms with E-state index in [-0.39, 0.29) is 32.2 Å². The van der Waals surface area contributed by atoms with Gasteiger partial charge in [-0.15, -0.1) is 0 Å². The van der Waals surface area contributed by atoms with Gasteiger partial charge in [-0.2, -0.15) is 0 Å². The van der Waals surface area contributed by atoms with Crippen LogP contribution in [0.3, 0.4) is 0 Å². The van der Waals surface area contributed by atoms with Crippen molar-refractivity contribution in [1.82, 2.24) is 0 Å². The summed E-state index contributed by atoms with van der Waals surface area (Å²) in [5, 5.41) is 9.67. The summed E-state index contributed by atoms with van der Waals surface area (Å²) in [5.74, 6) is -1.99. The van der Waals surface area contributed by atoms with Crippen LogP contribution in [0.2, 0.25) is 0 Å². The molecule has 0 bridgehead atoms. The van der Waals surface area contributed by atoms with Crippen molar-refractivity contribution in [3.8, 4) is 0 Å². The molecule has 2 unspecified atom stereocenters. The number of aliphatic carboxylic acids is 1. The van der Waals surface area contributed by atoms with Crippen LogP contribution in [-0.4, -0.2) is 87.4 Å². The van der Waals surface area contributed by atoms with Crippen LogP contribution in [0.15, 0.2) is 60.8 Å². The summed E-state index contributed by atoms with van der Waals surface area (Å²) >= 11 is 0. The topological polar surface area (TPSA) is 108 Å². The van der Waals surface area contributed by atoms with E-state index < -0.39 is 24.3 Å². The van der Waals surface area contributed by atoms with Gasteiger partial charge in [0, 0.05) is 12.8 Å². The molecule has 9 heteroatoms. The molecular weight excluding hydrogens is 911 g/mol. The largest absolute Gasteiger partial charge is 0.477 e. The normalized spacial score (nSPS) is 13.2. The number of esters is 2. The van der Waals surface area contributed by atoms with Crippen LogP contribution in [0.1, 0.15) is 271 Å². The minimum absolute atomic E-state index is 0.178. The molecule has 0 amide bonds. The van der Waals surface area contributed by atoms with E-state index in [2.05, 4.69) is 74.6 Å². The number of allylic oxidation sites excluding steroid dienone is 10. The second-order valence-electron chi connectivity index (χ2n) is 21.6. The molecule has 0 aliphatic heterocycles. The lowest BCUT2D eigenvalue weighted by Crippen LogP contribution is -2.40. The van der Waals surface area contributed by atoms with Crippen molar-refractivity contribution in [2.75, 3.05) is 47.5 Å². The summed E-state index contributed by atoms with van der Waals surface area (Å²) in [5.41, 5.74) is 0. The quantitative estimate of drug-likeness (QED) is 0.0211. The van der Waals surface area contributed by atoms with Gasteiger partial charge >= 0.3 is 17.9 Å². The molecule has 9 nitrogen and oxygen atoms in total. The third kappa shape index (κ3) is 56.6. The molecule has 0 aliphatic rings. The number of nitrogens with zero attached hydrogens (tertiary/aromatic N) is 1. The third-order valence-corrected chi connectivity index (χ3v) is 13.3. The average molecular weight is 1030 g/mol. The molecular formula is C64H116NO8+. The van der Waals surface area contributed by atoms with Crippen molar-refractivity contribution in [3.63, 3.8) is 0 Å². The van der Waals surface area contributed by atoms with Crippen LogP contribution in [0.25, 0.3) is 0 Å². The molecule has 2 atom stereocenters. The van der Waals surface area contributed by atoms with Crippen LogP contribution in [-0.2, 0) is 33.3 Å². The Morgan fingerprint density at radius 3 is 1.16 bits per heavy atom. The molecule has 1 N–H and O–H groups in total. The molecule has 73 heavy (non-hydrogen) atoms. The number of likely N-dealkylation sites (N-methyl/N-ethyl adjacent to an activating group) is 1. The number of unbranched alkanes of at least 4 members (excludes halogenated alkanes) is 31. The van der Waals surface area contributed by atoms with Gasteiger partial charge < -0.3 is 28.5 Å². The molecule has 424 valence electrons. The second kappa shape index (κ2) is 55.2. The van der Waals surface area contributed by atoms with Crippen molar-refractivity contribution >= 4 is 17.9 Å². The number of hydrogen-bond acceptors (Lipinski definition) is 7. The minimum atomic E-state index is -1.51. The number of carbonyl (C=O) groups excluding carboxylic acids is 2. The SMILES string of the molecule is CC/C=C\C/C=C\C/C=C\C/C=C\C/C=C\CCCCCCCCCCCCCCCCCCCCCCCCCC(=O)OC(COC(=O)CCCCCCCCCCC)COC(OCC[N+](C)(C)C)C(=O)O. The first-order valence-corrected chi connectivity index (χ1v) is 30.5. The van der Waals surface area contributed by atoms with E-state index in [1.54, 1.807) is 0 Å². The highest BCUT2D eigenvalue weighted by molar-refractivity contribution is 5.71. The zero-order chi connectivity index (χ0) is 53.4. The van der Waals surface area contributed by atoms with Crippen LogP contribution >= 0.6 is 0 Å². The summed E-state index contributed by atoms with van der Waals surface area (Å²) in [7, 11) is 5.97.